The van der Waals surface area contributed by atoms with Crippen LogP contribution in [0.1, 0.15) is 21.8 Å². The predicted octanol–water partition coefficient (Wildman–Crippen LogP) is 1.39. The van der Waals surface area contributed by atoms with Gasteiger partial charge in [-0.25, -0.2) is 0 Å². The van der Waals surface area contributed by atoms with Crippen molar-refractivity contribution in [2.75, 3.05) is 19.6 Å². The summed E-state index contributed by atoms with van der Waals surface area (Å²) in [6, 6.07) is 5.54. The van der Waals surface area contributed by atoms with E-state index in [-0.39, 0.29) is 5.91 Å². The highest BCUT2D eigenvalue weighted by atomic mass is 35.5. The average Bonchev–Trinajstić information content (AvgIpc) is 2.69. The van der Waals surface area contributed by atoms with E-state index < -0.39 is 0 Å². The van der Waals surface area contributed by atoms with Crippen LogP contribution < -0.4 is 10.6 Å². The van der Waals surface area contributed by atoms with Crippen LogP contribution in [0.5, 0.6) is 0 Å². The lowest BCUT2D eigenvalue weighted by Crippen LogP contribution is -2.28. The third-order valence-corrected chi connectivity index (χ3v) is 3.76. The molecule has 4 heteroatoms. The van der Waals surface area contributed by atoms with Crippen molar-refractivity contribution >= 4 is 17.5 Å². The largest absolute Gasteiger partial charge is 0.352 e. The zero-order valence-electron chi connectivity index (χ0n) is 8.79. The summed E-state index contributed by atoms with van der Waals surface area (Å²) in [7, 11) is 0. The quantitative estimate of drug-likeness (QED) is 0.715. The predicted molar refractivity (Wildman–Crippen MR) is 62.9 cm³/mol. The molecule has 3 rings (SSSR count). The second-order valence-electron chi connectivity index (χ2n) is 4.47. The topological polar surface area (TPSA) is 41.1 Å². The fourth-order valence-electron chi connectivity index (χ4n) is 2.68. The SMILES string of the molecule is O=C1NC[C@@H]2CNC[C@H]2c2cc(Cl)ccc21. The molecular formula is C12H13ClN2O. The van der Waals surface area contributed by atoms with Crippen LogP contribution in [-0.2, 0) is 0 Å². The standard InChI is InChI=1S/C12H13ClN2O/c13-8-1-2-9-10(3-8)11-6-14-4-7(11)5-15-12(9)16/h1-3,7,11,14H,4-6H2,(H,15,16)/t7-,11+/m0/s1. The van der Waals surface area contributed by atoms with Gasteiger partial charge in [-0.3, -0.25) is 4.79 Å². The average molecular weight is 237 g/mol. The van der Waals surface area contributed by atoms with Gasteiger partial charge in [-0.1, -0.05) is 11.6 Å². The van der Waals surface area contributed by atoms with E-state index in [9.17, 15) is 4.79 Å². The molecule has 1 amide bonds. The molecule has 0 spiro atoms. The first-order valence-corrected chi connectivity index (χ1v) is 5.92. The highest BCUT2D eigenvalue weighted by Crippen LogP contribution is 2.33. The maximum absolute atomic E-state index is 11.9. The Hall–Kier alpha value is -1.06. The normalized spacial score (nSPS) is 27.9. The summed E-state index contributed by atoms with van der Waals surface area (Å²) in [4.78, 5) is 11.9. The minimum absolute atomic E-state index is 0.0288. The Kier molecular flexibility index (Phi) is 2.37. The molecule has 16 heavy (non-hydrogen) atoms. The van der Waals surface area contributed by atoms with Crippen molar-refractivity contribution in [2.24, 2.45) is 5.92 Å². The third-order valence-electron chi connectivity index (χ3n) is 3.52. The van der Waals surface area contributed by atoms with Crippen molar-refractivity contribution in [3.63, 3.8) is 0 Å². The molecule has 1 aromatic rings. The lowest BCUT2D eigenvalue weighted by atomic mass is 9.87. The van der Waals surface area contributed by atoms with E-state index in [4.69, 9.17) is 11.6 Å². The number of benzene rings is 1. The van der Waals surface area contributed by atoms with E-state index in [1.807, 2.05) is 12.1 Å². The molecule has 2 aliphatic rings. The molecule has 1 saturated heterocycles. The maximum atomic E-state index is 11.9. The molecule has 2 atom stereocenters. The number of hydrogen-bond donors (Lipinski definition) is 2. The summed E-state index contributed by atoms with van der Waals surface area (Å²) in [5, 5.41) is 7.05. The highest BCUT2D eigenvalue weighted by Gasteiger charge is 2.34. The molecule has 1 aromatic carbocycles. The van der Waals surface area contributed by atoms with Gasteiger partial charge in [-0.2, -0.15) is 0 Å². The van der Waals surface area contributed by atoms with Crippen LogP contribution in [0, 0.1) is 5.92 Å². The van der Waals surface area contributed by atoms with Crippen molar-refractivity contribution in [1.82, 2.24) is 10.6 Å². The first-order valence-electron chi connectivity index (χ1n) is 5.54. The van der Waals surface area contributed by atoms with E-state index in [2.05, 4.69) is 10.6 Å². The number of carbonyl (C=O) groups excluding carboxylic acids is 1. The van der Waals surface area contributed by atoms with E-state index in [1.165, 1.54) is 0 Å². The summed E-state index contributed by atoms with van der Waals surface area (Å²) >= 11 is 6.02. The van der Waals surface area contributed by atoms with E-state index >= 15 is 0 Å². The lowest BCUT2D eigenvalue weighted by molar-refractivity contribution is 0.0952. The Morgan fingerprint density at radius 1 is 1.25 bits per heavy atom. The van der Waals surface area contributed by atoms with Crippen molar-refractivity contribution < 1.29 is 4.79 Å². The molecule has 0 bridgehead atoms. The zero-order valence-corrected chi connectivity index (χ0v) is 9.55. The highest BCUT2D eigenvalue weighted by molar-refractivity contribution is 6.30. The molecule has 0 saturated carbocycles. The Balaban J connectivity index is 2.13. The van der Waals surface area contributed by atoms with Gasteiger partial charge in [0.2, 0.25) is 0 Å². The molecule has 2 heterocycles. The van der Waals surface area contributed by atoms with Crippen molar-refractivity contribution in [1.29, 1.82) is 0 Å². The molecule has 0 radical (unpaired) electrons. The number of carbonyl (C=O) groups is 1. The van der Waals surface area contributed by atoms with Crippen LogP contribution in [0.2, 0.25) is 5.02 Å². The maximum Gasteiger partial charge on any atom is 0.251 e. The number of halogens is 1. The van der Waals surface area contributed by atoms with E-state index in [0.717, 1.165) is 30.8 Å². The van der Waals surface area contributed by atoms with Crippen molar-refractivity contribution in [3.8, 4) is 0 Å². The van der Waals surface area contributed by atoms with E-state index in [1.54, 1.807) is 6.07 Å². The number of nitrogens with one attached hydrogen (secondary N) is 2. The van der Waals surface area contributed by atoms with Crippen molar-refractivity contribution in [2.45, 2.75) is 5.92 Å². The Morgan fingerprint density at radius 3 is 3.00 bits per heavy atom. The van der Waals surface area contributed by atoms with Crippen LogP contribution in [-0.4, -0.2) is 25.5 Å². The first-order chi connectivity index (χ1) is 7.75. The second-order valence-corrected chi connectivity index (χ2v) is 4.90. The summed E-state index contributed by atoms with van der Waals surface area (Å²) in [5.41, 5.74) is 1.87. The number of amides is 1. The minimum Gasteiger partial charge on any atom is -0.352 e. The van der Waals surface area contributed by atoms with Crippen LogP contribution in [0.25, 0.3) is 0 Å². The molecule has 0 aliphatic carbocycles. The number of hydrogen-bond acceptors (Lipinski definition) is 2. The van der Waals surface area contributed by atoms with Crippen LogP contribution >= 0.6 is 11.6 Å². The fourth-order valence-corrected chi connectivity index (χ4v) is 2.86. The Morgan fingerprint density at radius 2 is 2.12 bits per heavy atom. The van der Waals surface area contributed by atoms with Gasteiger partial charge in [0.25, 0.3) is 5.91 Å². The number of fused-ring (bicyclic) bond motifs is 3. The third kappa shape index (κ3) is 1.51. The monoisotopic (exact) mass is 236 g/mol. The van der Waals surface area contributed by atoms with Gasteiger partial charge in [0.1, 0.15) is 0 Å². The summed E-state index contributed by atoms with van der Waals surface area (Å²) in [6.07, 6.45) is 0. The van der Waals surface area contributed by atoms with Gasteiger partial charge >= 0.3 is 0 Å². The van der Waals surface area contributed by atoms with Gasteiger partial charge < -0.3 is 10.6 Å². The van der Waals surface area contributed by atoms with Crippen molar-refractivity contribution in [3.05, 3.63) is 34.3 Å². The molecule has 1 fully saturated rings. The van der Waals surface area contributed by atoms with Gasteiger partial charge in [-0.05, 0) is 29.7 Å². The first kappa shape index (κ1) is 10.1. The van der Waals surface area contributed by atoms with Crippen LogP contribution in [0.15, 0.2) is 18.2 Å². The molecule has 2 aliphatic heterocycles. The zero-order chi connectivity index (χ0) is 11.1. The molecule has 0 unspecified atom stereocenters. The number of rotatable bonds is 0. The second kappa shape index (κ2) is 3.75. The summed E-state index contributed by atoms with van der Waals surface area (Å²) < 4.78 is 0. The van der Waals surface area contributed by atoms with Crippen LogP contribution in [0.4, 0.5) is 0 Å². The Bertz CT molecular complexity index is 447. The van der Waals surface area contributed by atoms with Gasteiger partial charge in [0, 0.05) is 36.1 Å². The fraction of sp³-hybridized carbons (Fsp3) is 0.417. The molecule has 2 N–H and O–H groups in total. The van der Waals surface area contributed by atoms with E-state index in [0.29, 0.717) is 16.9 Å². The molecular weight excluding hydrogens is 224 g/mol. The molecule has 84 valence electrons. The lowest BCUT2D eigenvalue weighted by Gasteiger charge is -2.16. The van der Waals surface area contributed by atoms with Crippen LogP contribution in [0.3, 0.4) is 0 Å². The summed E-state index contributed by atoms with van der Waals surface area (Å²) in [6.45, 7) is 2.66. The molecule has 3 nitrogen and oxygen atoms in total. The Labute approximate surface area is 99.2 Å². The van der Waals surface area contributed by atoms with Gasteiger partial charge in [0.15, 0.2) is 0 Å². The van der Waals surface area contributed by atoms with Gasteiger partial charge in [-0.15, -0.1) is 0 Å². The van der Waals surface area contributed by atoms with Gasteiger partial charge in [0.05, 0.1) is 0 Å². The minimum atomic E-state index is 0.0288. The molecule has 0 aromatic heterocycles. The smallest absolute Gasteiger partial charge is 0.251 e. The summed E-state index contributed by atoms with van der Waals surface area (Å²) in [5.74, 6) is 0.928.